The van der Waals surface area contributed by atoms with Crippen LogP contribution >= 0.6 is 11.6 Å². The van der Waals surface area contributed by atoms with Crippen LogP contribution < -0.4 is 4.72 Å². The van der Waals surface area contributed by atoms with E-state index in [1.54, 1.807) is 6.07 Å². The van der Waals surface area contributed by atoms with Gasteiger partial charge in [-0.05, 0) is 30.5 Å². The molecule has 1 fully saturated rings. The van der Waals surface area contributed by atoms with Crippen LogP contribution in [0, 0.1) is 0 Å². The summed E-state index contributed by atoms with van der Waals surface area (Å²) in [5, 5.41) is 9.22. The normalized spacial score (nSPS) is 17.2. The molecule has 0 atom stereocenters. The molecule has 6 heteroatoms. The van der Waals surface area contributed by atoms with Crippen LogP contribution in [0.3, 0.4) is 0 Å². The van der Waals surface area contributed by atoms with Gasteiger partial charge in [-0.1, -0.05) is 30.5 Å². The van der Waals surface area contributed by atoms with E-state index in [0.29, 0.717) is 5.56 Å². The molecule has 0 unspecified atom stereocenters. The molecule has 2 N–H and O–H groups in total. The number of hydrogen-bond acceptors (Lipinski definition) is 3. The average molecular weight is 290 g/mol. The maximum atomic E-state index is 12.2. The number of nitrogens with one attached hydrogen (secondary N) is 1. The van der Waals surface area contributed by atoms with Gasteiger partial charge in [-0.2, -0.15) is 0 Å². The van der Waals surface area contributed by atoms with Crippen LogP contribution in [0.2, 0.25) is 5.02 Å². The number of sulfonamides is 1. The Hall–Kier alpha value is -0.620. The highest BCUT2D eigenvalue weighted by Gasteiger charge is 2.24. The number of rotatable bonds is 4. The van der Waals surface area contributed by atoms with Gasteiger partial charge in [0.1, 0.15) is 4.90 Å². The van der Waals surface area contributed by atoms with Gasteiger partial charge in [-0.15, -0.1) is 0 Å². The zero-order chi connectivity index (χ0) is 13.2. The lowest BCUT2D eigenvalue weighted by atomic mass is 10.2. The molecule has 0 bridgehead atoms. The lowest BCUT2D eigenvalue weighted by Gasteiger charge is -2.14. The van der Waals surface area contributed by atoms with Crippen molar-refractivity contribution >= 4 is 21.6 Å². The van der Waals surface area contributed by atoms with Crippen molar-refractivity contribution in [3.8, 4) is 0 Å². The molecule has 1 saturated carbocycles. The number of halogens is 1. The fourth-order valence-electron chi connectivity index (χ4n) is 2.18. The number of hydrogen-bond donors (Lipinski definition) is 2. The summed E-state index contributed by atoms with van der Waals surface area (Å²) < 4.78 is 27.1. The minimum Gasteiger partial charge on any atom is -0.392 e. The van der Waals surface area contributed by atoms with E-state index in [1.165, 1.54) is 12.1 Å². The molecule has 0 amide bonds. The Morgan fingerprint density at radius 2 is 2.00 bits per heavy atom. The van der Waals surface area contributed by atoms with Crippen LogP contribution in [0.4, 0.5) is 0 Å². The predicted octanol–water partition coefficient (Wildman–Crippen LogP) is 2.05. The van der Waals surface area contributed by atoms with E-state index >= 15 is 0 Å². The summed E-state index contributed by atoms with van der Waals surface area (Å²) in [4.78, 5) is 0.0441. The molecule has 1 aromatic rings. The van der Waals surface area contributed by atoms with E-state index in [9.17, 15) is 8.42 Å². The van der Waals surface area contributed by atoms with Crippen molar-refractivity contribution < 1.29 is 13.5 Å². The molecular weight excluding hydrogens is 274 g/mol. The molecule has 1 aliphatic rings. The zero-order valence-corrected chi connectivity index (χ0v) is 11.5. The minimum absolute atomic E-state index is 0.00356. The quantitative estimate of drug-likeness (QED) is 0.891. The second kappa shape index (κ2) is 5.57. The number of aliphatic hydroxyl groups excluding tert-OH is 1. The minimum atomic E-state index is -3.60. The monoisotopic (exact) mass is 289 g/mol. The molecule has 4 nitrogen and oxygen atoms in total. The fourth-order valence-corrected chi connectivity index (χ4v) is 4.03. The first-order valence-corrected chi connectivity index (χ1v) is 7.80. The third-order valence-electron chi connectivity index (χ3n) is 3.14. The van der Waals surface area contributed by atoms with E-state index in [4.69, 9.17) is 16.7 Å². The van der Waals surface area contributed by atoms with Crippen LogP contribution in [0.1, 0.15) is 31.2 Å². The van der Waals surface area contributed by atoms with Gasteiger partial charge in [-0.3, -0.25) is 0 Å². The molecule has 1 aromatic carbocycles. The maximum Gasteiger partial charge on any atom is 0.242 e. The summed E-state index contributed by atoms with van der Waals surface area (Å²) in [6.07, 6.45) is 3.85. The maximum absolute atomic E-state index is 12.2. The van der Waals surface area contributed by atoms with E-state index in [2.05, 4.69) is 4.72 Å². The fraction of sp³-hybridized carbons (Fsp3) is 0.500. The lowest BCUT2D eigenvalue weighted by molar-refractivity contribution is 0.281. The molecular formula is C12H16ClNO3S. The molecule has 18 heavy (non-hydrogen) atoms. The van der Waals surface area contributed by atoms with Crippen molar-refractivity contribution in [1.82, 2.24) is 4.72 Å². The smallest absolute Gasteiger partial charge is 0.242 e. The Kier molecular flexibility index (Phi) is 4.27. The van der Waals surface area contributed by atoms with Crippen molar-refractivity contribution in [2.24, 2.45) is 0 Å². The molecule has 0 heterocycles. The number of aliphatic hydroxyl groups is 1. The SMILES string of the molecule is O=S(=O)(NC1CCCC1)c1cc(CO)ccc1Cl. The van der Waals surface area contributed by atoms with Crippen LogP contribution in [-0.2, 0) is 16.6 Å². The largest absolute Gasteiger partial charge is 0.392 e. The van der Waals surface area contributed by atoms with E-state index in [1.807, 2.05) is 0 Å². The molecule has 2 rings (SSSR count). The Labute approximate surface area is 112 Å². The van der Waals surface area contributed by atoms with Crippen molar-refractivity contribution in [3.05, 3.63) is 28.8 Å². The summed E-state index contributed by atoms with van der Waals surface area (Å²) in [7, 11) is -3.60. The van der Waals surface area contributed by atoms with E-state index in [0.717, 1.165) is 25.7 Å². The molecule has 0 radical (unpaired) electrons. The van der Waals surface area contributed by atoms with E-state index in [-0.39, 0.29) is 22.6 Å². The Morgan fingerprint density at radius 1 is 1.33 bits per heavy atom. The van der Waals surface area contributed by atoms with Gasteiger partial charge in [0.25, 0.3) is 0 Å². The third kappa shape index (κ3) is 3.03. The summed E-state index contributed by atoms with van der Waals surface area (Å²) >= 11 is 5.92. The molecule has 100 valence electrons. The van der Waals surface area contributed by atoms with Gasteiger partial charge in [0.15, 0.2) is 0 Å². The van der Waals surface area contributed by atoms with Crippen LogP contribution in [-0.4, -0.2) is 19.6 Å². The summed E-state index contributed by atoms with van der Waals surface area (Å²) in [5.41, 5.74) is 0.534. The Morgan fingerprint density at radius 3 is 2.61 bits per heavy atom. The van der Waals surface area contributed by atoms with Gasteiger partial charge in [-0.25, -0.2) is 13.1 Å². The first kappa shape index (κ1) is 13.8. The molecule has 0 saturated heterocycles. The lowest BCUT2D eigenvalue weighted by Crippen LogP contribution is -2.32. The van der Waals surface area contributed by atoms with Gasteiger partial charge < -0.3 is 5.11 Å². The standard InChI is InChI=1S/C12H16ClNO3S/c13-11-6-5-9(8-15)7-12(11)18(16,17)14-10-3-1-2-4-10/h5-7,10,14-15H,1-4,8H2. The van der Waals surface area contributed by atoms with Crippen molar-refractivity contribution in [2.75, 3.05) is 0 Å². The third-order valence-corrected chi connectivity index (χ3v) is 5.15. The number of benzene rings is 1. The summed E-state index contributed by atoms with van der Waals surface area (Å²) in [6.45, 7) is -0.205. The first-order valence-electron chi connectivity index (χ1n) is 5.94. The Balaban J connectivity index is 2.27. The van der Waals surface area contributed by atoms with Gasteiger partial charge >= 0.3 is 0 Å². The van der Waals surface area contributed by atoms with Crippen molar-refractivity contribution in [1.29, 1.82) is 0 Å². The van der Waals surface area contributed by atoms with Crippen LogP contribution in [0.5, 0.6) is 0 Å². The molecule has 1 aliphatic carbocycles. The molecule has 0 spiro atoms. The van der Waals surface area contributed by atoms with Gasteiger partial charge in [0, 0.05) is 6.04 Å². The Bertz CT molecular complexity index is 524. The predicted molar refractivity (Wildman–Crippen MR) is 70.0 cm³/mol. The highest BCUT2D eigenvalue weighted by molar-refractivity contribution is 7.89. The molecule has 0 aliphatic heterocycles. The van der Waals surface area contributed by atoms with Crippen molar-refractivity contribution in [2.45, 2.75) is 43.2 Å². The van der Waals surface area contributed by atoms with Crippen LogP contribution in [0.15, 0.2) is 23.1 Å². The second-order valence-electron chi connectivity index (χ2n) is 4.53. The van der Waals surface area contributed by atoms with Crippen LogP contribution in [0.25, 0.3) is 0 Å². The van der Waals surface area contributed by atoms with Crippen molar-refractivity contribution in [3.63, 3.8) is 0 Å². The van der Waals surface area contributed by atoms with E-state index < -0.39 is 10.0 Å². The summed E-state index contributed by atoms with van der Waals surface area (Å²) in [6, 6.07) is 4.52. The highest BCUT2D eigenvalue weighted by Crippen LogP contribution is 2.25. The van der Waals surface area contributed by atoms with Gasteiger partial charge in [0.05, 0.1) is 11.6 Å². The average Bonchev–Trinajstić information content (AvgIpc) is 2.81. The first-order chi connectivity index (χ1) is 8.53. The second-order valence-corrected chi connectivity index (χ2v) is 6.62. The van der Waals surface area contributed by atoms with Gasteiger partial charge in [0.2, 0.25) is 10.0 Å². The topological polar surface area (TPSA) is 66.4 Å². The summed E-state index contributed by atoms with van der Waals surface area (Å²) in [5.74, 6) is 0. The molecule has 0 aromatic heterocycles. The zero-order valence-electron chi connectivity index (χ0n) is 9.89. The highest BCUT2D eigenvalue weighted by atomic mass is 35.5.